The SMILES string of the molecule is COc1ccc(COc2cc([C@@H]3O[C@@](C)(C(F)(F)F)[C@@H](C)[C@H]3c3cccc(Cl)c3OC)nc3ccnc(C#N)c23)cc1. The molecule has 7 nitrogen and oxygen atoms in total. The highest BCUT2D eigenvalue weighted by Gasteiger charge is 2.65. The predicted molar refractivity (Wildman–Crippen MR) is 150 cm³/mol. The number of aromatic nitrogens is 2. The van der Waals surface area contributed by atoms with Crippen LogP contribution < -0.4 is 14.2 Å². The Balaban J connectivity index is 1.67. The number of hydrogen-bond donors (Lipinski definition) is 0. The van der Waals surface area contributed by atoms with Gasteiger partial charge in [-0.05, 0) is 36.8 Å². The second-order valence-electron chi connectivity index (χ2n) is 10.2. The van der Waals surface area contributed by atoms with Crippen molar-refractivity contribution in [2.45, 2.75) is 44.3 Å². The van der Waals surface area contributed by atoms with Crippen LogP contribution in [-0.2, 0) is 11.3 Å². The van der Waals surface area contributed by atoms with Crippen molar-refractivity contribution >= 4 is 22.5 Å². The molecular weight excluding hydrogens is 571 g/mol. The summed E-state index contributed by atoms with van der Waals surface area (Å²) in [5, 5.41) is 10.4. The van der Waals surface area contributed by atoms with Crippen molar-refractivity contribution in [3.05, 3.63) is 88.3 Å². The van der Waals surface area contributed by atoms with Crippen LogP contribution in [0, 0.1) is 17.2 Å². The number of pyridine rings is 2. The predicted octanol–water partition coefficient (Wildman–Crippen LogP) is 7.56. The zero-order chi connectivity index (χ0) is 30.2. The van der Waals surface area contributed by atoms with Crippen LogP contribution in [0.1, 0.15) is 48.4 Å². The Hall–Kier alpha value is -4.07. The Kier molecular flexibility index (Phi) is 7.92. The molecule has 0 amide bonds. The molecule has 0 bridgehead atoms. The zero-order valence-electron chi connectivity index (χ0n) is 23.2. The molecule has 1 aliphatic rings. The van der Waals surface area contributed by atoms with E-state index in [1.54, 1.807) is 43.5 Å². The van der Waals surface area contributed by atoms with Crippen molar-refractivity contribution in [3.8, 4) is 23.3 Å². The Bertz CT molecular complexity index is 1660. The average Bonchev–Trinajstić information content (AvgIpc) is 3.26. The quantitative estimate of drug-likeness (QED) is 0.217. The first-order chi connectivity index (χ1) is 20.0. The molecule has 0 unspecified atom stereocenters. The summed E-state index contributed by atoms with van der Waals surface area (Å²) in [6.07, 6.45) is -4.43. The molecule has 4 aromatic rings. The first kappa shape index (κ1) is 29.4. The number of methoxy groups -OCH3 is 2. The first-order valence-corrected chi connectivity index (χ1v) is 13.4. The minimum absolute atomic E-state index is 0.0742. The molecule has 2 aromatic heterocycles. The van der Waals surface area contributed by atoms with Crippen molar-refractivity contribution < 1.29 is 32.1 Å². The van der Waals surface area contributed by atoms with Gasteiger partial charge in [-0.2, -0.15) is 18.4 Å². The van der Waals surface area contributed by atoms with E-state index >= 15 is 0 Å². The summed E-state index contributed by atoms with van der Waals surface area (Å²) >= 11 is 6.40. The standard InChI is InChI=1S/C31H27ClF3N3O4/c1-17-26(20-6-5-7-21(32)28(20)40-4)29(42-30(17,2)31(33,34)35)23-14-25(27-22(38-23)12-13-37-24(27)15-36)41-16-18-8-10-19(39-3)11-9-18/h5-14,17,26,29H,16H2,1-4H3/t17-,26-,29-,30+/m0/s1. The highest BCUT2D eigenvalue weighted by molar-refractivity contribution is 6.32. The molecular formula is C31H27ClF3N3O4. The summed E-state index contributed by atoms with van der Waals surface area (Å²) < 4.78 is 66.5. The van der Waals surface area contributed by atoms with Gasteiger partial charge in [-0.15, -0.1) is 0 Å². The van der Waals surface area contributed by atoms with E-state index in [9.17, 15) is 18.4 Å². The van der Waals surface area contributed by atoms with Gasteiger partial charge in [0.15, 0.2) is 11.3 Å². The molecule has 3 heterocycles. The Labute approximate surface area is 245 Å². The van der Waals surface area contributed by atoms with E-state index in [-0.39, 0.29) is 34.5 Å². The number of hydrogen-bond acceptors (Lipinski definition) is 7. The molecule has 11 heteroatoms. The number of nitriles is 1. The maximum Gasteiger partial charge on any atom is 0.417 e. The zero-order valence-corrected chi connectivity index (χ0v) is 24.0. The lowest BCUT2D eigenvalue weighted by Gasteiger charge is -2.32. The number of fused-ring (bicyclic) bond motifs is 1. The van der Waals surface area contributed by atoms with Crippen LogP contribution in [0.5, 0.6) is 17.2 Å². The molecule has 0 saturated carbocycles. The first-order valence-electron chi connectivity index (χ1n) is 13.0. The van der Waals surface area contributed by atoms with Gasteiger partial charge in [0, 0.05) is 29.7 Å². The molecule has 5 rings (SSSR count). The van der Waals surface area contributed by atoms with Crippen molar-refractivity contribution in [1.82, 2.24) is 9.97 Å². The van der Waals surface area contributed by atoms with E-state index in [2.05, 4.69) is 9.97 Å². The molecule has 1 saturated heterocycles. The summed E-state index contributed by atoms with van der Waals surface area (Å²) in [6.45, 7) is 2.65. The normalized spacial score (nSPS) is 22.1. The van der Waals surface area contributed by atoms with Gasteiger partial charge in [-0.25, -0.2) is 9.97 Å². The molecule has 4 atom stereocenters. The van der Waals surface area contributed by atoms with Crippen molar-refractivity contribution in [2.24, 2.45) is 5.92 Å². The lowest BCUT2D eigenvalue weighted by atomic mass is 9.76. The Morgan fingerprint density at radius 2 is 1.83 bits per heavy atom. The maximum absolute atomic E-state index is 14.5. The smallest absolute Gasteiger partial charge is 0.417 e. The molecule has 0 radical (unpaired) electrons. The van der Waals surface area contributed by atoms with E-state index < -0.39 is 29.7 Å². The van der Waals surface area contributed by atoms with Crippen LogP contribution in [0.4, 0.5) is 13.2 Å². The van der Waals surface area contributed by atoms with Gasteiger partial charge in [-0.3, -0.25) is 0 Å². The third kappa shape index (κ3) is 5.08. The number of para-hydroxylation sites is 1. The minimum Gasteiger partial charge on any atom is -0.497 e. The van der Waals surface area contributed by atoms with Crippen LogP contribution in [0.2, 0.25) is 5.02 Å². The van der Waals surface area contributed by atoms with Crippen LogP contribution >= 0.6 is 11.6 Å². The van der Waals surface area contributed by atoms with Gasteiger partial charge < -0.3 is 18.9 Å². The van der Waals surface area contributed by atoms with E-state index in [0.29, 0.717) is 22.2 Å². The molecule has 1 fully saturated rings. The number of benzene rings is 2. The number of alkyl halides is 3. The lowest BCUT2D eigenvalue weighted by molar-refractivity contribution is -0.275. The topological polar surface area (TPSA) is 86.5 Å². The summed E-state index contributed by atoms with van der Waals surface area (Å²) in [6, 6.07) is 17.3. The fourth-order valence-electron chi connectivity index (χ4n) is 5.45. The largest absolute Gasteiger partial charge is 0.497 e. The molecule has 1 aliphatic heterocycles. The van der Waals surface area contributed by atoms with Crippen LogP contribution in [0.15, 0.2) is 60.8 Å². The highest BCUT2D eigenvalue weighted by atomic mass is 35.5. The summed E-state index contributed by atoms with van der Waals surface area (Å²) in [5.74, 6) is -0.716. The number of rotatable bonds is 7. The fraction of sp³-hybridized carbons (Fsp3) is 0.323. The highest BCUT2D eigenvalue weighted by Crippen LogP contribution is 2.60. The van der Waals surface area contributed by atoms with E-state index in [1.807, 2.05) is 18.2 Å². The summed E-state index contributed by atoms with van der Waals surface area (Å²) in [5.41, 5.74) is -0.629. The Morgan fingerprint density at radius 1 is 1.10 bits per heavy atom. The van der Waals surface area contributed by atoms with Crippen molar-refractivity contribution in [3.63, 3.8) is 0 Å². The molecule has 218 valence electrons. The summed E-state index contributed by atoms with van der Waals surface area (Å²) in [4.78, 5) is 8.83. The molecule has 42 heavy (non-hydrogen) atoms. The van der Waals surface area contributed by atoms with Gasteiger partial charge >= 0.3 is 6.18 Å². The minimum atomic E-state index is -4.69. The van der Waals surface area contributed by atoms with E-state index in [4.69, 9.17) is 30.5 Å². The van der Waals surface area contributed by atoms with Gasteiger partial charge in [0.25, 0.3) is 0 Å². The molecule has 2 aromatic carbocycles. The number of nitrogens with zero attached hydrogens (tertiary/aromatic N) is 3. The van der Waals surface area contributed by atoms with Crippen LogP contribution in [0.25, 0.3) is 10.9 Å². The Morgan fingerprint density at radius 3 is 2.48 bits per heavy atom. The monoisotopic (exact) mass is 597 g/mol. The van der Waals surface area contributed by atoms with Crippen LogP contribution in [0.3, 0.4) is 0 Å². The summed E-state index contributed by atoms with van der Waals surface area (Å²) in [7, 11) is 2.98. The molecule has 0 aliphatic carbocycles. The fourth-order valence-corrected chi connectivity index (χ4v) is 5.71. The second kappa shape index (κ2) is 11.3. The third-order valence-electron chi connectivity index (χ3n) is 7.88. The van der Waals surface area contributed by atoms with Crippen molar-refractivity contribution in [1.29, 1.82) is 5.26 Å². The lowest BCUT2D eigenvalue weighted by Crippen LogP contribution is -2.46. The second-order valence-corrected chi connectivity index (χ2v) is 10.6. The van der Waals surface area contributed by atoms with E-state index in [1.165, 1.54) is 26.3 Å². The van der Waals surface area contributed by atoms with Gasteiger partial charge in [-0.1, -0.05) is 42.8 Å². The third-order valence-corrected chi connectivity index (χ3v) is 8.18. The molecule has 0 spiro atoms. The van der Waals surface area contributed by atoms with Crippen LogP contribution in [-0.4, -0.2) is 36.0 Å². The van der Waals surface area contributed by atoms with E-state index in [0.717, 1.165) is 12.5 Å². The van der Waals surface area contributed by atoms with Gasteiger partial charge in [0.05, 0.1) is 35.8 Å². The average molecular weight is 598 g/mol. The number of halogens is 4. The van der Waals surface area contributed by atoms with Gasteiger partial charge in [0.1, 0.15) is 36.0 Å². The van der Waals surface area contributed by atoms with Gasteiger partial charge in [0.2, 0.25) is 0 Å². The van der Waals surface area contributed by atoms with Crippen molar-refractivity contribution in [2.75, 3.05) is 14.2 Å². The number of ether oxygens (including phenoxy) is 4. The maximum atomic E-state index is 14.5. The molecule has 0 N–H and O–H groups in total.